The van der Waals surface area contributed by atoms with E-state index in [9.17, 15) is 0 Å². The molecule has 2 rings (SSSR count). The van der Waals surface area contributed by atoms with Gasteiger partial charge in [-0.2, -0.15) is 4.98 Å². The fourth-order valence-corrected chi connectivity index (χ4v) is 2.06. The van der Waals surface area contributed by atoms with Crippen LogP contribution in [0.25, 0.3) is 0 Å². The van der Waals surface area contributed by atoms with Crippen LogP contribution in [0.1, 0.15) is 30.2 Å². The van der Waals surface area contributed by atoms with Crippen molar-refractivity contribution in [3.63, 3.8) is 0 Å². The van der Waals surface area contributed by atoms with Crippen LogP contribution in [0, 0.1) is 6.92 Å². The summed E-state index contributed by atoms with van der Waals surface area (Å²) in [6, 6.07) is 5.83. The van der Waals surface area contributed by atoms with Crippen molar-refractivity contribution in [1.82, 2.24) is 15.0 Å². The van der Waals surface area contributed by atoms with E-state index < -0.39 is 0 Å². The predicted octanol–water partition coefficient (Wildman–Crippen LogP) is 2.59. The van der Waals surface area contributed by atoms with E-state index in [0.717, 1.165) is 17.1 Å². The Balaban J connectivity index is 2.13. The molecule has 1 atom stereocenters. The van der Waals surface area contributed by atoms with Gasteiger partial charge in [-0.15, -0.1) is 0 Å². The van der Waals surface area contributed by atoms with Crippen LogP contribution in [0.5, 0.6) is 11.5 Å². The topological polar surface area (TPSA) is 60.6 Å². The van der Waals surface area contributed by atoms with E-state index in [2.05, 4.69) is 15.0 Å². The second kappa shape index (κ2) is 6.58. The molecule has 0 fully saturated rings. The number of benzene rings is 1. The van der Waals surface area contributed by atoms with E-state index in [0.29, 0.717) is 18.3 Å². The van der Waals surface area contributed by atoms with E-state index in [1.54, 1.807) is 14.2 Å². The van der Waals surface area contributed by atoms with E-state index in [4.69, 9.17) is 14.0 Å². The molecule has 1 heterocycles. The van der Waals surface area contributed by atoms with Gasteiger partial charge >= 0.3 is 0 Å². The summed E-state index contributed by atoms with van der Waals surface area (Å²) in [5.41, 5.74) is 1.07. The number of hydrogen-bond acceptors (Lipinski definition) is 6. The van der Waals surface area contributed by atoms with Gasteiger partial charge < -0.3 is 14.0 Å². The zero-order valence-electron chi connectivity index (χ0n) is 13.1. The Kier molecular flexibility index (Phi) is 4.80. The molecule has 2 aromatic rings. The van der Waals surface area contributed by atoms with Crippen molar-refractivity contribution in [1.29, 1.82) is 0 Å². The average molecular weight is 291 g/mol. The van der Waals surface area contributed by atoms with Gasteiger partial charge in [0.2, 0.25) is 5.89 Å². The van der Waals surface area contributed by atoms with Gasteiger partial charge in [0.25, 0.3) is 0 Å². The summed E-state index contributed by atoms with van der Waals surface area (Å²) in [6.45, 7) is 4.55. The smallest absolute Gasteiger partial charge is 0.243 e. The van der Waals surface area contributed by atoms with Crippen molar-refractivity contribution in [2.24, 2.45) is 0 Å². The number of aromatic nitrogens is 2. The number of hydrogen-bond donors (Lipinski definition) is 0. The van der Waals surface area contributed by atoms with Crippen LogP contribution in [0.3, 0.4) is 0 Å². The molecule has 0 aliphatic carbocycles. The largest absolute Gasteiger partial charge is 0.497 e. The summed E-state index contributed by atoms with van der Waals surface area (Å²) in [6.07, 6.45) is 0. The zero-order valence-corrected chi connectivity index (χ0v) is 13.1. The van der Waals surface area contributed by atoms with Crippen LogP contribution in [-0.4, -0.2) is 36.3 Å². The Morgan fingerprint density at radius 2 is 2.05 bits per heavy atom. The molecule has 0 bridgehead atoms. The lowest BCUT2D eigenvalue weighted by atomic mass is 10.1. The molecular weight excluding hydrogens is 270 g/mol. The molecular formula is C15H21N3O3. The third-order valence-corrected chi connectivity index (χ3v) is 3.48. The van der Waals surface area contributed by atoms with Gasteiger partial charge in [-0.1, -0.05) is 11.2 Å². The van der Waals surface area contributed by atoms with Gasteiger partial charge in [-0.05, 0) is 27.0 Å². The van der Waals surface area contributed by atoms with Gasteiger partial charge in [-0.3, -0.25) is 4.90 Å². The zero-order chi connectivity index (χ0) is 15.4. The summed E-state index contributed by atoms with van der Waals surface area (Å²) < 4.78 is 15.9. The second-order valence-corrected chi connectivity index (χ2v) is 4.95. The van der Waals surface area contributed by atoms with Crippen molar-refractivity contribution < 1.29 is 14.0 Å². The highest BCUT2D eigenvalue weighted by molar-refractivity contribution is 5.40. The number of aryl methyl sites for hydroxylation is 1. The van der Waals surface area contributed by atoms with E-state index in [1.165, 1.54) is 0 Å². The van der Waals surface area contributed by atoms with Gasteiger partial charge in [0.1, 0.15) is 11.5 Å². The van der Waals surface area contributed by atoms with Crippen molar-refractivity contribution >= 4 is 0 Å². The Labute approximate surface area is 124 Å². The molecule has 0 radical (unpaired) electrons. The van der Waals surface area contributed by atoms with Crippen LogP contribution < -0.4 is 9.47 Å². The molecule has 1 aromatic carbocycles. The standard InChI is InChI=1S/C15H21N3O3/c1-10(15-16-11(2)17-21-15)18(3)9-12-6-7-13(19-4)8-14(12)20-5/h6-8,10H,9H2,1-5H3/t10-/m0/s1. The molecule has 0 aliphatic rings. The molecule has 0 unspecified atom stereocenters. The van der Waals surface area contributed by atoms with Crippen LogP contribution in [0.2, 0.25) is 0 Å². The molecule has 0 saturated carbocycles. The first-order valence-electron chi connectivity index (χ1n) is 6.76. The second-order valence-electron chi connectivity index (χ2n) is 4.95. The predicted molar refractivity (Wildman–Crippen MR) is 78.5 cm³/mol. The maximum Gasteiger partial charge on any atom is 0.243 e. The number of nitrogens with zero attached hydrogens (tertiary/aromatic N) is 3. The molecule has 21 heavy (non-hydrogen) atoms. The number of ether oxygens (including phenoxy) is 2. The minimum atomic E-state index is 0.0259. The van der Waals surface area contributed by atoms with Gasteiger partial charge in [-0.25, -0.2) is 0 Å². The highest BCUT2D eigenvalue weighted by Crippen LogP contribution is 2.27. The molecule has 114 valence electrons. The molecule has 0 spiro atoms. The third-order valence-electron chi connectivity index (χ3n) is 3.48. The molecule has 6 heteroatoms. The lowest BCUT2D eigenvalue weighted by Crippen LogP contribution is -2.22. The lowest BCUT2D eigenvalue weighted by Gasteiger charge is -2.22. The van der Waals surface area contributed by atoms with Gasteiger partial charge in [0.15, 0.2) is 5.82 Å². The summed E-state index contributed by atoms with van der Waals surface area (Å²) in [5.74, 6) is 2.84. The molecule has 0 aliphatic heterocycles. The monoisotopic (exact) mass is 291 g/mol. The van der Waals surface area contributed by atoms with Crippen molar-refractivity contribution in [2.45, 2.75) is 26.4 Å². The van der Waals surface area contributed by atoms with Crippen LogP contribution in [0.15, 0.2) is 22.7 Å². The van der Waals surface area contributed by atoms with Gasteiger partial charge in [0.05, 0.1) is 20.3 Å². The number of rotatable bonds is 6. The first kappa shape index (κ1) is 15.3. The minimum absolute atomic E-state index is 0.0259. The fraction of sp³-hybridized carbons (Fsp3) is 0.467. The van der Waals surface area contributed by atoms with Crippen molar-refractivity contribution in [3.8, 4) is 11.5 Å². The first-order chi connectivity index (χ1) is 10.0. The fourth-order valence-electron chi connectivity index (χ4n) is 2.06. The Hall–Kier alpha value is -2.08. The molecule has 0 amide bonds. The lowest BCUT2D eigenvalue weighted by molar-refractivity contribution is 0.200. The van der Waals surface area contributed by atoms with Crippen molar-refractivity contribution in [2.75, 3.05) is 21.3 Å². The van der Waals surface area contributed by atoms with E-state index in [1.807, 2.05) is 39.1 Å². The quantitative estimate of drug-likeness (QED) is 0.815. The SMILES string of the molecule is COc1ccc(CN(C)[C@@H](C)c2nc(C)no2)c(OC)c1. The molecule has 0 N–H and O–H groups in total. The first-order valence-corrected chi connectivity index (χ1v) is 6.76. The maximum atomic E-state index is 5.42. The van der Waals surface area contributed by atoms with Crippen LogP contribution >= 0.6 is 0 Å². The van der Waals surface area contributed by atoms with E-state index in [-0.39, 0.29) is 6.04 Å². The van der Waals surface area contributed by atoms with Crippen LogP contribution in [-0.2, 0) is 6.54 Å². The Bertz CT molecular complexity index is 598. The Morgan fingerprint density at radius 3 is 2.62 bits per heavy atom. The Morgan fingerprint density at radius 1 is 1.29 bits per heavy atom. The normalized spacial score (nSPS) is 12.5. The van der Waals surface area contributed by atoms with E-state index >= 15 is 0 Å². The van der Waals surface area contributed by atoms with Crippen molar-refractivity contribution in [3.05, 3.63) is 35.5 Å². The summed E-state index contributed by atoms with van der Waals surface area (Å²) in [4.78, 5) is 6.39. The van der Waals surface area contributed by atoms with Gasteiger partial charge in [0, 0.05) is 18.2 Å². The molecule has 1 aromatic heterocycles. The highest BCUT2D eigenvalue weighted by atomic mass is 16.5. The minimum Gasteiger partial charge on any atom is -0.497 e. The summed E-state index contributed by atoms with van der Waals surface area (Å²) in [5, 5.41) is 3.83. The summed E-state index contributed by atoms with van der Waals surface area (Å²) in [7, 11) is 5.30. The maximum absolute atomic E-state index is 5.42. The van der Waals surface area contributed by atoms with Crippen LogP contribution in [0.4, 0.5) is 0 Å². The molecule has 6 nitrogen and oxygen atoms in total. The summed E-state index contributed by atoms with van der Waals surface area (Å²) >= 11 is 0. The molecule has 0 saturated heterocycles. The third kappa shape index (κ3) is 3.52. The number of methoxy groups -OCH3 is 2. The highest BCUT2D eigenvalue weighted by Gasteiger charge is 2.19. The average Bonchev–Trinajstić information content (AvgIpc) is 2.93.